The molecule has 0 bridgehead atoms. The van der Waals surface area contributed by atoms with E-state index >= 15 is 0 Å². The molecule has 1 amide bonds. The number of anilines is 1. The second-order valence-electron chi connectivity index (χ2n) is 4.71. The second kappa shape index (κ2) is 5.73. The summed E-state index contributed by atoms with van der Waals surface area (Å²) >= 11 is 0. The first-order chi connectivity index (χ1) is 10.7. The Morgan fingerprint density at radius 3 is 2.95 bits per heavy atom. The summed E-state index contributed by atoms with van der Waals surface area (Å²) in [6.07, 6.45) is 2.99. The van der Waals surface area contributed by atoms with Crippen molar-refractivity contribution in [1.82, 2.24) is 9.55 Å². The Kier molecular flexibility index (Phi) is 3.62. The molecule has 0 saturated carbocycles. The van der Waals surface area contributed by atoms with Crippen LogP contribution < -0.4 is 10.1 Å². The lowest BCUT2D eigenvalue weighted by atomic mass is 10.2. The number of ether oxygens (including phenoxy) is 1. The molecule has 3 aromatic rings. The van der Waals surface area contributed by atoms with Gasteiger partial charge in [0.25, 0.3) is 0 Å². The molecule has 1 N–H and O–H groups in total. The van der Waals surface area contributed by atoms with Crippen molar-refractivity contribution in [2.45, 2.75) is 0 Å². The van der Waals surface area contributed by atoms with Crippen LogP contribution >= 0.6 is 0 Å². The maximum absolute atomic E-state index is 11.4. The molecule has 0 aliphatic heterocycles. The predicted molar refractivity (Wildman–Crippen MR) is 86.4 cm³/mol. The zero-order valence-corrected chi connectivity index (χ0v) is 12.1. The van der Waals surface area contributed by atoms with Crippen LogP contribution in [-0.4, -0.2) is 22.6 Å². The number of imidazole rings is 1. The van der Waals surface area contributed by atoms with E-state index in [0.717, 1.165) is 22.5 Å². The average molecular weight is 293 g/mol. The number of benzene rings is 2. The molecule has 0 saturated heterocycles. The van der Waals surface area contributed by atoms with Gasteiger partial charge in [-0.1, -0.05) is 12.6 Å². The van der Waals surface area contributed by atoms with Gasteiger partial charge in [0, 0.05) is 11.8 Å². The van der Waals surface area contributed by atoms with Crippen molar-refractivity contribution in [2.75, 3.05) is 12.4 Å². The van der Waals surface area contributed by atoms with Crippen LogP contribution in [0.1, 0.15) is 0 Å². The van der Waals surface area contributed by atoms with Gasteiger partial charge in [-0.05, 0) is 36.4 Å². The van der Waals surface area contributed by atoms with E-state index in [2.05, 4.69) is 16.9 Å². The number of rotatable bonds is 4. The molecule has 110 valence electrons. The van der Waals surface area contributed by atoms with E-state index in [1.54, 1.807) is 13.4 Å². The van der Waals surface area contributed by atoms with E-state index in [9.17, 15) is 4.79 Å². The first-order valence-electron chi connectivity index (χ1n) is 6.76. The third-order valence-electron chi connectivity index (χ3n) is 3.33. The largest absolute Gasteiger partial charge is 0.497 e. The number of carbonyl (C=O) groups excluding carboxylic acids is 1. The SMILES string of the molecule is C=CC(=O)Nc1ccc2ncn(-c3cccc(OC)c3)c2c1. The number of methoxy groups -OCH3 is 1. The van der Waals surface area contributed by atoms with E-state index in [1.807, 2.05) is 47.0 Å². The van der Waals surface area contributed by atoms with Crippen LogP contribution in [-0.2, 0) is 4.79 Å². The van der Waals surface area contributed by atoms with Crippen molar-refractivity contribution in [3.8, 4) is 11.4 Å². The summed E-state index contributed by atoms with van der Waals surface area (Å²) in [6, 6.07) is 13.3. The van der Waals surface area contributed by atoms with Crippen LogP contribution in [0.3, 0.4) is 0 Å². The van der Waals surface area contributed by atoms with Gasteiger partial charge in [0.1, 0.15) is 12.1 Å². The molecule has 0 spiro atoms. The Balaban J connectivity index is 2.07. The lowest BCUT2D eigenvalue weighted by Gasteiger charge is -2.08. The first kappa shape index (κ1) is 13.9. The smallest absolute Gasteiger partial charge is 0.247 e. The van der Waals surface area contributed by atoms with Crippen LogP contribution in [0.15, 0.2) is 61.4 Å². The number of amides is 1. The molecular weight excluding hydrogens is 278 g/mol. The fourth-order valence-electron chi connectivity index (χ4n) is 2.24. The van der Waals surface area contributed by atoms with Gasteiger partial charge in [-0.3, -0.25) is 9.36 Å². The third kappa shape index (κ3) is 2.56. The molecule has 22 heavy (non-hydrogen) atoms. The van der Waals surface area contributed by atoms with Crippen molar-refractivity contribution in [2.24, 2.45) is 0 Å². The number of hydrogen-bond acceptors (Lipinski definition) is 3. The Morgan fingerprint density at radius 1 is 1.32 bits per heavy atom. The Labute approximate surface area is 127 Å². The van der Waals surface area contributed by atoms with E-state index in [-0.39, 0.29) is 5.91 Å². The zero-order valence-electron chi connectivity index (χ0n) is 12.1. The lowest BCUT2D eigenvalue weighted by molar-refractivity contribution is -0.111. The van der Waals surface area contributed by atoms with Gasteiger partial charge in [0.05, 0.1) is 23.8 Å². The van der Waals surface area contributed by atoms with E-state index in [4.69, 9.17) is 4.74 Å². The molecule has 5 nitrogen and oxygen atoms in total. The molecule has 0 atom stereocenters. The quantitative estimate of drug-likeness (QED) is 0.752. The highest BCUT2D eigenvalue weighted by Gasteiger charge is 2.07. The van der Waals surface area contributed by atoms with Gasteiger partial charge in [-0.15, -0.1) is 0 Å². The molecule has 0 aliphatic rings. The highest BCUT2D eigenvalue weighted by molar-refractivity contribution is 6.00. The summed E-state index contributed by atoms with van der Waals surface area (Å²) in [6.45, 7) is 3.45. The molecule has 0 radical (unpaired) electrons. The van der Waals surface area contributed by atoms with Crippen LogP contribution in [0.25, 0.3) is 16.7 Å². The number of nitrogens with one attached hydrogen (secondary N) is 1. The number of hydrogen-bond donors (Lipinski definition) is 1. The van der Waals surface area contributed by atoms with Crippen molar-refractivity contribution in [3.05, 3.63) is 61.4 Å². The molecular formula is C17H15N3O2. The van der Waals surface area contributed by atoms with E-state index in [0.29, 0.717) is 5.69 Å². The lowest BCUT2D eigenvalue weighted by Crippen LogP contribution is -2.07. The minimum Gasteiger partial charge on any atom is -0.497 e. The fraction of sp³-hybridized carbons (Fsp3) is 0.0588. The van der Waals surface area contributed by atoms with Crippen LogP contribution in [0.2, 0.25) is 0 Å². The number of fused-ring (bicyclic) bond motifs is 1. The Morgan fingerprint density at radius 2 is 2.18 bits per heavy atom. The predicted octanol–water partition coefficient (Wildman–Crippen LogP) is 3.16. The average Bonchev–Trinajstić information content (AvgIpc) is 2.98. The Hall–Kier alpha value is -3.08. The van der Waals surface area contributed by atoms with E-state index < -0.39 is 0 Å². The third-order valence-corrected chi connectivity index (χ3v) is 3.33. The van der Waals surface area contributed by atoms with Gasteiger partial charge in [0.15, 0.2) is 0 Å². The normalized spacial score (nSPS) is 10.4. The van der Waals surface area contributed by atoms with Crippen LogP contribution in [0.4, 0.5) is 5.69 Å². The molecule has 3 rings (SSSR count). The summed E-state index contributed by atoms with van der Waals surface area (Å²) in [5.74, 6) is 0.530. The van der Waals surface area contributed by atoms with Crippen molar-refractivity contribution < 1.29 is 9.53 Å². The topological polar surface area (TPSA) is 56.2 Å². The maximum atomic E-state index is 11.4. The molecule has 5 heteroatoms. The van der Waals surface area contributed by atoms with Crippen molar-refractivity contribution in [3.63, 3.8) is 0 Å². The standard InChI is InChI=1S/C17H15N3O2/c1-3-17(21)19-12-7-8-15-16(9-12)20(11-18-15)13-5-4-6-14(10-13)22-2/h3-11H,1H2,2H3,(H,19,21). The van der Waals surface area contributed by atoms with Gasteiger partial charge in [-0.25, -0.2) is 4.98 Å². The fourth-order valence-corrected chi connectivity index (χ4v) is 2.24. The van der Waals surface area contributed by atoms with Crippen molar-refractivity contribution >= 4 is 22.6 Å². The van der Waals surface area contributed by atoms with Gasteiger partial charge >= 0.3 is 0 Å². The summed E-state index contributed by atoms with van der Waals surface area (Å²) in [5.41, 5.74) is 3.38. The van der Waals surface area contributed by atoms with Gasteiger partial charge < -0.3 is 10.1 Å². The zero-order chi connectivity index (χ0) is 15.5. The van der Waals surface area contributed by atoms with Gasteiger partial charge in [-0.2, -0.15) is 0 Å². The molecule has 1 heterocycles. The maximum Gasteiger partial charge on any atom is 0.247 e. The van der Waals surface area contributed by atoms with Crippen molar-refractivity contribution in [1.29, 1.82) is 0 Å². The number of carbonyl (C=O) groups is 1. The summed E-state index contributed by atoms with van der Waals surface area (Å²) in [7, 11) is 1.63. The number of nitrogens with zero attached hydrogens (tertiary/aromatic N) is 2. The van der Waals surface area contributed by atoms with Gasteiger partial charge in [0.2, 0.25) is 5.91 Å². The summed E-state index contributed by atoms with van der Waals surface area (Å²) < 4.78 is 7.20. The summed E-state index contributed by atoms with van der Waals surface area (Å²) in [4.78, 5) is 15.8. The molecule has 2 aromatic carbocycles. The molecule has 0 unspecified atom stereocenters. The highest BCUT2D eigenvalue weighted by atomic mass is 16.5. The minimum absolute atomic E-state index is 0.244. The number of aromatic nitrogens is 2. The van der Waals surface area contributed by atoms with Crippen LogP contribution in [0, 0.1) is 0 Å². The monoisotopic (exact) mass is 293 g/mol. The van der Waals surface area contributed by atoms with E-state index in [1.165, 1.54) is 6.08 Å². The molecule has 1 aromatic heterocycles. The Bertz CT molecular complexity index is 852. The molecule has 0 aliphatic carbocycles. The summed E-state index contributed by atoms with van der Waals surface area (Å²) in [5, 5.41) is 2.75. The molecule has 0 fully saturated rings. The second-order valence-corrected chi connectivity index (χ2v) is 4.71. The first-order valence-corrected chi connectivity index (χ1v) is 6.76. The minimum atomic E-state index is -0.244. The van der Waals surface area contributed by atoms with Crippen LogP contribution in [0.5, 0.6) is 5.75 Å². The highest BCUT2D eigenvalue weighted by Crippen LogP contribution is 2.24.